The third-order valence-electron chi connectivity index (χ3n) is 4.76. The van der Waals surface area contributed by atoms with Crippen LogP contribution in [0.3, 0.4) is 0 Å². The molecule has 0 saturated carbocycles. The second-order valence-corrected chi connectivity index (χ2v) is 7.72. The Morgan fingerprint density at radius 1 is 1.25 bits per heavy atom. The molecule has 0 aliphatic carbocycles. The van der Waals surface area contributed by atoms with Crippen LogP contribution in [0.4, 0.5) is 11.8 Å². The Morgan fingerprint density at radius 2 is 1.94 bits per heavy atom. The summed E-state index contributed by atoms with van der Waals surface area (Å²) < 4.78 is 0. The predicted molar refractivity (Wildman–Crippen MR) is 124 cm³/mol. The number of nitrogens with zero attached hydrogens (tertiary/aromatic N) is 3. The number of nitrogen functional groups attached to an aromatic ring is 1. The number of H-pyrrole nitrogens is 1. The Bertz CT molecular complexity index is 1220. The van der Waals surface area contributed by atoms with Crippen molar-refractivity contribution in [3.63, 3.8) is 0 Å². The lowest BCUT2D eigenvalue weighted by Crippen LogP contribution is -2.29. The molecule has 3 heterocycles. The number of aromatic amines is 1. The highest BCUT2D eigenvalue weighted by atomic mass is 16.1. The van der Waals surface area contributed by atoms with Crippen LogP contribution in [0.15, 0.2) is 29.3 Å². The molecule has 3 aromatic rings. The molecule has 10 heteroatoms. The van der Waals surface area contributed by atoms with E-state index in [2.05, 4.69) is 30.6 Å². The lowest BCUT2D eigenvalue weighted by molar-refractivity contribution is 0.0950. The van der Waals surface area contributed by atoms with Gasteiger partial charge in [-0.05, 0) is 45.4 Å². The van der Waals surface area contributed by atoms with Crippen LogP contribution in [-0.4, -0.2) is 38.1 Å². The molecule has 0 saturated heterocycles. The number of hydrogen-bond acceptors (Lipinski definition) is 8. The quantitative estimate of drug-likeness (QED) is 0.356. The molecular weight excluding hydrogens is 408 g/mol. The van der Waals surface area contributed by atoms with E-state index in [-0.39, 0.29) is 29.7 Å². The predicted octanol–water partition coefficient (Wildman–Crippen LogP) is 2.17. The highest BCUT2D eigenvalue weighted by Crippen LogP contribution is 2.25. The van der Waals surface area contributed by atoms with Gasteiger partial charge in [0.15, 0.2) is 0 Å². The van der Waals surface area contributed by atoms with Crippen LogP contribution < -0.4 is 21.9 Å². The van der Waals surface area contributed by atoms with Gasteiger partial charge in [0.2, 0.25) is 5.95 Å². The molecule has 0 radical (unpaired) electrons. The van der Waals surface area contributed by atoms with Crippen LogP contribution in [-0.2, 0) is 6.54 Å². The third kappa shape index (κ3) is 4.97. The number of carbonyl (C=O) groups is 1. The van der Waals surface area contributed by atoms with Crippen LogP contribution in [0.25, 0.3) is 11.3 Å². The van der Waals surface area contributed by atoms with Gasteiger partial charge in [0, 0.05) is 53.6 Å². The van der Waals surface area contributed by atoms with Gasteiger partial charge < -0.3 is 26.8 Å². The maximum absolute atomic E-state index is 13.1. The van der Waals surface area contributed by atoms with Crippen molar-refractivity contribution in [2.45, 2.75) is 40.3 Å². The van der Waals surface area contributed by atoms with Crippen LogP contribution in [0.2, 0.25) is 0 Å². The first-order chi connectivity index (χ1) is 15.2. The summed E-state index contributed by atoms with van der Waals surface area (Å²) in [6, 6.07) is 3.44. The molecule has 0 bridgehead atoms. The number of amides is 1. The maximum atomic E-state index is 13.1. The molecule has 10 nitrogen and oxygen atoms in total. The second kappa shape index (κ2) is 9.38. The number of carbonyl (C=O) groups excluding carboxylic acids is 1. The Morgan fingerprint density at radius 3 is 2.53 bits per heavy atom. The first-order valence-electron chi connectivity index (χ1n) is 10.1. The van der Waals surface area contributed by atoms with E-state index in [0.717, 1.165) is 17.5 Å². The van der Waals surface area contributed by atoms with Crippen molar-refractivity contribution in [3.8, 4) is 11.3 Å². The van der Waals surface area contributed by atoms with Gasteiger partial charge in [0.1, 0.15) is 5.82 Å². The first kappa shape index (κ1) is 22.6. The fourth-order valence-electron chi connectivity index (χ4n) is 3.26. The molecule has 0 aromatic carbocycles. The number of aryl methyl sites for hydroxylation is 2. The topological polar surface area (TPSA) is 163 Å². The summed E-state index contributed by atoms with van der Waals surface area (Å²) in [4.78, 5) is 40.7. The zero-order valence-corrected chi connectivity index (χ0v) is 18.4. The van der Waals surface area contributed by atoms with Crippen molar-refractivity contribution in [1.29, 1.82) is 5.41 Å². The van der Waals surface area contributed by atoms with E-state index < -0.39 is 5.91 Å². The minimum absolute atomic E-state index is 0.0174. The number of aromatic nitrogens is 4. The second-order valence-electron chi connectivity index (χ2n) is 7.72. The monoisotopic (exact) mass is 434 g/mol. The van der Waals surface area contributed by atoms with Gasteiger partial charge in [0.05, 0.1) is 11.3 Å². The Labute approximate surface area is 185 Å². The lowest BCUT2D eigenvalue weighted by Gasteiger charge is -2.17. The standard InChI is InChI=1S/C22H26N8O2/c1-11(2)28-19-16(7-23)15(6-18(30-19)14-8-26-22(24)27-9-14)20(31)25-10-17-12(3)5-13(4)29-21(17)32/h5-9,11,23H,10H2,1-4H3,(H,25,31)(H,28,30)(H,29,32)(H2,24,26,27). The number of rotatable bonds is 7. The summed E-state index contributed by atoms with van der Waals surface area (Å²) in [6.45, 7) is 7.54. The molecule has 0 spiro atoms. The van der Waals surface area contributed by atoms with Crippen LogP contribution in [0, 0.1) is 19.3 Å². The van der Waals surface area contributed by atoms with Gasteiger partial charge >= 0.3 is 0 Å². The van der Waals surface area contributed by atoms with E-state index in [9.17, 15) is 9.59 Å². The molecular formula is C22H26N8O2. The number of nitrogens with two attached hydrogens (primary N) is 1. The van der Waals surface area contributed by atoms with E-state index in [1.54, 1.807) is 13.0 Å². The average Bonchev–Trinajstić information content (AvgIpc) is 2.72. The number of nitrogens with one attached hydrogen (secondary N) is 4. The Balaban J connectivity index is 2.02. The summed E-state index contributed by atoms with van der Waals surface area (Å²) >= 11 is 0. The number of anilines is 2. The van der Waals surface area contributed by atoms with Crippen molar-refractivity contribution in [1.82, 2.24) is 25.3 Å². The molecule has 3 rings (SSSR count). The van der Waals surface area contributed by atoms with Gasteiger partial charge in [0.25, 0.3) is 11.5 Å². The molecule has 0 unspecified atom stereocenters. The number of pyridine rings is 2. The zero-order chi connectivity index (χ0) is 23.4. The van der Waals surface area contributed by atoms with Crippen molar-refractivity contribution in [2.75, 3.05) is 11.1 Å². The fraction of sp³-hybridized carbons (Fsp3) is 0.273. The summed E-state index contributed by atoms with van der Waals surface area (Å²) in [5, 5.41) is 13.8. The molecule has 0 aliphatic rings. The van der Waals surface area contributed by atoms with Crippen molar-refractivity contribution < 1.29 is 4.79 Å². The number of hydrogen-bond donors (Lipinski definition) is 5. The van der Waals surface area contributed by atoms with Gasteiger partial charge in [-0.25, -0.2) is 15.0 Å². The minimum atomic E-state index is -0.435. The van der Waals surface area contributed by atoms with Crippen molar-refractivity contribution in [3.05, 3.63) is 62.8 Å². The molecule has 6 N–H and O–H groups in total. The molecule has 0 aliphatic heterocycles. The largest absolute Gasteiger partial charge is 0.368 e. The van der Waals surface area contributed by atoms with Crippen LogP contribution >= 0.6 is 0 Å². The van der Waals surface area contributed by atoms with Crippen LogP contribution in [0.1, 0.15) is 46.6 Å². The smallest absolute Gasteiger partial charge is 0.253 e. The molecule has 0 atom stereocenters. The third-order valence-corrected chi connectivity index (χ3v) is 4.76. The van der Waals surface area contributed by atoms with Crippen molar-refractivity contribution in [2.24, 2.45) is 0 Å². The zero-order valence-electron chi connectivity index (χ0n) is 18.4. The minimum Gasteiger partial charge on any atom is -0.368 e. The van der Waals surface area contributed by atoms with Crippen LogP contribution in [0.5, 0.6) is 0 Å². The SMILES string of the molecule is Cc1cc(C)c(CNC(=O)c2cc(-c3cnc(N)nc3)nc(NC(C)C)c2C=N)c(=O)[nH]1. The van der Waals surface area contributed by atoms with Gasteiger partial charge in [-0.2, -0.15) is 0 Å². The highest BCUT2D eigenvalue weighted by Gasteiger charge is 2.19. The average molecular weight is 435 g/mol. The Hall–Kier alpha value is -4.08. The molecule has 1 amide bonds. The molecule has 0 fully saturated rings. The summed E-state index contributed by atoms with van der Waals surface area (Å²) in [5.41, 5.74) is 8.95. The van der Waals surface area contributed by atoms with E-state index >= 15 is 0 Å². The van der Waals surface area contributed by atoms with Gasteiger partial charge in [-0.1, -0.05) is 0 Å². The van der Waals surface area contributed by atoms with Gasteiger partial charge in [-0.15, -0.1) is 0 Å². The maximum Gasteiger partial charge on any atom is 0.253 e. The normalized spacial score (nSPS) is 10.8. The fourth-order valence-corrected chi connectivity index (χ4v) is 3.26. The molecule has 166 valence electrons. The Kier molecular flexibility index (Phi) is 6.62. The highest BCUT2D eigenvalue weighted by molar-refractivity contribution is 6.05. The van der Waals surface area contributed by atoms with Gasteiger partial charge in [-0.3, -0.25) is 9.59 Å². The summed E-state index contributed by atoms with van der Waals surface area (Å²) in [6.07, 6.45) is 4.12. The van der Waals surface area contributed by atoms with E-state index in [0.29, 0.717) is 28.2 Å². The van der Waals surface area contributed by atoms with Crippen molar-refractivity contribution >= 4 is 23.9 Å². The summed E-state index contributed by atoms with van der Waals surface area (Å²) in [7, 11) is 0. The van der Waals surface area contributed by atoms with E-state index in [4.69, 9.17) is 11.1 Å². The molecule has 3 aromatic heterocycles. The first-order valence-corrected chi connectivity index (χ1v) is 10.1. The van der Waals surface area contributed by atoms with E-state index in [1.807, 2.05) is 26.8 Å². The molecule has 32 heavy (non-hydrogen) atoms. The lowest BCUT2D eigenvalue weighted by atomic mass is 10.0. The summed E-state index contributed by atoms with van der Waals surface area (Å²) in [5.74, 6) is 0.0792. The van der Waals surface area contributed by atoms with E-state index in [1.165, 1.54) is 12.4 Å².